The second-order valence-corrected chi connectivity index (χ2v) is 7.05. The predicted octanol–water partition coefficient (Wildman–Crippen LogP) is 4.83. The maximum Gasteiger partial charge on any atom is 0.137 e. The quantitative estimate of drug-likeness (QED) is 0.341. The Kier molecular flexibility index (Phi) is 6.44. The largest absolute Gasteiger partial charge is 0.491 e. The van der Waals surface area contributed by atoms with Gasteiger partial charge >= 0.3 is 0 Å². The van der Waals surface area contributed by atoms with Gasteiger partial charge in [0.1, 0.15) is 12.2 Å². The van der Waals surface area contributed by atoms with Crippen molar-refractivity contribution >= 4 is 43.5 Å². The van der Waals surface area contributed by atoms with Crippen molar-refractivity contribution in [2.75, 3.05) is 0 Å². The lowest BCUT2D eigenvalue weighted by atomic mass is 10.0. The van der Waals surface area contributed by atoms with Gasteiger partial charge in [0.05, 0.1) is 22.1 Å². The molecule has 5 heteroatoms. The molecular weight excluding hydrogens is 407 g/mol. The van der Waals surface area contributed by atoms with Crippen LogP contribution in [-0.2, 0) is 9.47 Å². The minimum Gasteiger partial charge on any atom is -0.491 e. The zero-order chi connectivity index (χ0) is 14.5. The van der Waals surface area contributed by atoms with Gasteiger partial charge in [-0.3, -0.25) is 0 Å². The van der Waals surface area contributed by atoms with Crippen LogP contribution in [0.5, 0.6) is 0 Å². The van der Waals surface area contributed by atoms with E-state index in [0.717, 1.165) is 12.2 Å². The van der Waals surface area contributed by atoms with Gasteiger partial charge in [0.15, 0.2) is 0 Å². The predicted molar refractivity (Wildman–Crippen MR) is 89.6 cm³/mol. The van der Waals surface area contributed by atoms with Crippen LogP contribution in [0.25, 0.3) is 0 Å². The maximum absolute atomic E-state index is 6.31. The van der Waals surface area contributed by atoms with Crippen molar-refractivity contribution in [3.05, 3.63) is 40.8 Å². The van der Waals surface area contributed by atoms with E-state index in [4.69, 9.17) is 21.1 Å². The molecule has 2 bridgehead atoms. The first-order valence-electron chi connectivity index (χ1n) is 6.59. The summed E-state index contributed by atoms with van der Waals surface area (Å²) in [6, 6.07) is 0. The molecule has 0 aromatic carbocycles. The van der Waals surface area contributed by atoms with E-state index in [0.29, 0.717) is 6.42 Å². The molecule has 0 saturated carbocycles. The molecule has 2 rings (SSSR count). The van der Waals surface area contributed by atoms with E-state index in [1.165, 1.54) is 0 Å². The van der Waals surface area contributed by atoms with Crippen LogP contribution in [0.3, 0.4) is 0 Å². The molecule has 0 fully saturated rings. The van der Waals surface area contributed by atoms with Crippen LogP contribution < -0.4 is 0 Å². The van der Waals surface area contributed by atoms with Gasteiger partial charge < -0.3 is 9.47 Å². The number of rotatable bonds is 1. The van der Waals surface area contributed by atoms with Gasteiger partial charge in [0.2, 0.25) is 0 Å². The highest BCUT2D eigenvalue weighted by molar-refractivity contribution is 9.11. The fraction of sp³-hybridized carbons (Fsp3) is 0.533. The van der Waals surface area contributed by atoms with Gasteiger partial charge in [-0.15, -0.1) is 17.3 Å². The van der Waals surface area contributed by atoms with Crippen molar-refractivity contribution in [1.82, 2.24) is 0 Å². The fourth-order valence-corrected chi connectivity index (χ4v) is 3.40. The molecule has 0 radical (unpaired) electrons. The Morgan fingerprint density at radius 3 is 3.00 bits per heavy atom. The van der Waals surface area contributed by atoms with E-state index in [1.807, 2.05) is 25.2 Å². The van der Waals surface area contributed by atoms with Crippen LogP contribution in [0, 0.1) is 0 Å². The van der Waals surface area contributed by atoms with Crippen LogP contribution in [-0.4, -0.2) is 28.5 Å². The Morgan fingerprint density at radius 2 is 2.25 bits per heavy atom. The summed E-state index contributed by atoms with van der Waals surface area (Å²) in [5, 5.41) is -0.0883. The van der Waals surface area contributed by atoms with E-state index < -0.39 is 0 Å². The molecule has 0 aromatic rings. The van der Waals surface area contributed by atoms with Crippen LogP contribution in [0.15, 0.2) is 40.8 Å². The van der Waals surface area contributed by atoms with Crippen LogP contribution in [0.4, 0.5) is 0 Å². The summed E-state index contributed by atoms with van der Waals surface area (Å²) >= 11 is 13.2. The lowest BCUT2D eigenvalue weighted by molar-refractivity contribution is -0.0569. The summed E-state index contributed by atoms with van der Waals surface area (Å²) < 4.78 is 12.1. The topological polar surface area (TPSA) is 18.5 Å². The maximum atomic E-state index is 6.31. The summed E-state index contributed by atoms with van der Waals surface area (Å²) in [5.41, 5.74) is 2.99. The molecule has 0 saturated heterocycles. The van der Waals surface area contributed by atoms with Crippen LogP contribution in [0.2, 0.25) is 0 Å². The normalized spacial score (nSPS) is 38.8. The molecule has 2 nitrogen and oxygen atoms in total. The third-order valence-electron chi connectivity index (χ3n) is 3.28. The van der Waals surface area contributed by atoms with E-state index in [9.17, 15) is 0 Å². The highest BCUT2D eigenvalue weighted by Gasteiger charge is 2.32. The van der Waals surface area contributed by atoms with Crippen molar-refractivity contribution in [3.63, 3.8) is 0 Å². The summed E-state index contributed by atoms with van der Waals surface area (Å²) in [6.45, 7) is 2.04. The molecule has 2 heterocycles. The Morgan fingerprint density at radius 1 is 1.45 bits per heavy atom. The Bertz CT molecular complexity index is 455. The van der Waals surface area contributed by atoms with Crippen molar-refractivity contribution in [3.8, 4) is 0 Å². The zero-order valence-corrected chi connectivity index (χ0v) is 15.1. The lowest BCUT2D eigenvalue weighted by Gasteiger charge is -2.35. The molecule has 2 aliphatic heterocycles. The number of hydrogen-bond acceptors (Lipinski definition) is 2. The zero-order valence-electron chi connectivity index (χ0n) is 11.1. The molecule has 0 spiro atoms. The van der Waals surface area contributed by atoms with Crippen LogP contribution >= 0.6 is 43.5 Å². The van der Waals surface area contributed by atoms with E-state index in [-0.39, 0.29) is 28.5 Å². The number of alkyl halides is 2. The Hall–Kier alpha value is 0.01000. The molecule has 2 aliphatic rings. The minimum absolute atomic E-state index is 0.00536. The highest BCUT2D eigenvalue weighted by atomic mass is 79.9. The average Bonchev–Trinajstić information content (AvgIpc) is 2.43. The smallest absolute Gasteiger partial charge is 0.137 e. The number of hydrogen-bond donors (Lipinski definition) is 0. The van der Waals surface area contributed by atoms with Gasteiger partial charge in [0, 0.05) is 11.4 Å². The fourth-order valence-electron chi connectivity index (χ4n) is 2.28. The second-order valence-electron chi connectivity index (χ2n) is 4.86. The van der Waals surface area contributed by atoms with Gasteiger partial charge in [-0.1, -0.05) is 44.0 Å². The molecule has 20 heavy (non-hydrogen) atoms. The van der Waals surface area contributed by atoms with Crippen molar-refractivity contribution < 1.29 is 9.47 Å². The van der Waals surface area contributed by atoms with Gasteiger partial charge in [-0.25, -0.2) is 0 Å². The second kappa shape index (κ2) is 7.86. The monoisotopic (exact) mass is 422 g/mol. The third kappa shape index (κ3) is 4.51. The van der Waals surface area contributed by atoms with E-state index >= 15 is 0 Å². The Balaban J connectivity index is 2.24. The first kappa shape index (κ1) is 16.4. The molecule has 0 unspecified atom stereocenters. The molecule has 0 amide bonds. The summed E-state index contributed by atoms with van der Waals surface area (Å²) in [6.07, 6.45) is 9.35. The molecule has 0 aromatic heterocycles. The number of allylic oxidation sites excluding steroid dienone is 3. The summed E-state index contributed by atoms with van der Waals surface area (Å²) in [4.78, 5) is 1.94. The number of halogens is 3. The molecule has 110 valence electrons. The van der Waals surface area contributed by atoms with E-state index in [2.05, 4.69) is 43.7 Å². The number of fused-ring (bicyclic) bond motifs is 2. The third-order valence-corrected chi connectivity index (χ3v) is 4.74. The Labute approximate surface area is 141 Å². The first-order valence-corrected chi connectivity index (χ1v) is 8.86. The molecule has 0 aliphatic carbocycles. The van der Waals surface area contributed by atoms with Crippen molar-refractivity contribution in [2.24, 2.45) is 0 Å². The standard InChI is InChI=1S/C15H17Br2ClO2/c1-10-15-14(17)7-6-13(20-15)9-11(18)4-5-12(19-10)3-2-8-16/h3-6,8,10-12,14-15H,7,9H2,1H3/b5-4+/t2?,10-,11-,12+,14-,15-/m0/s1. The summed E-state index contributed by atoms with van der Waals surface area (Å²) in [5.74, 6) is 0.958. The average molecular weight is 425 g/mol. The highest BCUT2D eigenvalue weighted by Crippen LogP contribution is 2.31. The van der Waals surface area contributed by atoms with Crippen molar-refractivity contribution in [2.45, 2.75) is 48.3 Å². The molecular formula is C15H17Br2ClO2. The van der Waals surface area contributed by atoms with Gasteiger partial charge in [-0.2, -0.15) is 0 Å². The van der Waals surface area contributed by atoms with Crippen molar-refractivity contribution in [1.29, 1.82) is 0 Å². The summed E-state index contributed by atoms with van der Waals surface area (Å²) in [7, 11) is 0. The van der Waals surface area contributed by atoms with Gasteiger partial charge in [-0.05, 0) is 25.5 Å². The van der Waals surface area contributed by atoms with Crippen LogP contribution in [0.1, 0.15) is 19.8 Å². The van der Waals surface area contributed by atoms with E-state index in [1.54, 1.807) is 4.99 Å². The molecule has 5 atom stereocenters. The SMILES string of the molecule is C[C@@H]1O[C@H](C=C=CBr)/C=C/[C@H](Cl)CC2=CC[C@H](Br)[C@H]1O2. The van der Waals surface area contributed by atoms with Gasteiger partial charge in [0.25, 0.3) is 0 Å². The lowest BCUT2D eigenvalue weighted by Crippen LogP contribution is -2.40. The number of ether oxygens (including phenoxy) is 2. The first-order chi connectivity index (χ1) is 9.60. The minimum atomic E-state index is -0.157. The molecule has 0 N–H and O–H groups in total.